The Bertz CT molecular complexity index is 1510. The van der Waals surface area contributed by atoms with Crippen LogP contribution in [-0.2, 0) is 0 Å². The molecule has 0 aliphatic heterocycles. The second-order valence-electron chi connectivity index (χ2n) is 7.73. The quantitative estimate of drug-likeness (QED) is 0.261. The molecule has 6 nitrogen and oxygen atoms in total. The SMILES string of the molecule is O=C(Nc1ccc(Nc2ccncc2)cc1)c1ccc(F)c(Nc2ccnc3ccc(F)cc23)c1. The molecule has 0 aliphatic carbocycles. The highest BCUT2D eigenvalue weighted by Gasteiger charge is 2.12. The van der Waals surface area contributed by atoms with Crippen molar-refractivity contribution in [1.29, 1.82) is 0 Å². The van der Waals surface area contributed by atoms with E-state index < -0.39 is 17.5 Å². The number of anilines is 5. The number of aromatic nitrogens is 2. The number of nitrogens with zero attached hydrogens (tertiary/aromatic N) is 2. The molecular weight excluding hydrogens is 448 g/mol. The molecule has 3 N–H and O–H groups in total. The fraction of sp³-hybridized carbons (Fsp3) is 0. The number of benzene rings is 3. The van der Waals surface area contributed by atoms with E-state index in [1.54, 1.807) is 42.9 Å². The first kappa shape index (κ1) is 22.0. The van der Waals surface area contributed by atoms with Crippen LogP contribution in [0.2, 0.25) is 0 Å². The number of fused-ring (bicyclic) bond motifs is 1. The Hall–Kier alpha value is -4.85. The van der Waals surface area contributed by atoms with Crippen LogP contribution in [0, 0.1) is 11.6 Å². The van der Waals surface area contributed by atoms with Crippen molar-refractivity contribution in [2.75, 3.05) is 16.0 Å². The van der Waals surface area contributed by atoms with Gasteiger partial charge in [0.1, 0.15) is 11.6 Å². The molecule has 0 unspecified atom stereocenters. The lowest BCUT2D eigenvalue weighted by Crippen LogP contribution is -2.12. The molecule has 0 saturated carbocycles. The third kappa shape index (κ3) is 5.06. The van der Waals surface area contributed by atoms with Crippen molar-refractivity contribution >= 4 is 45.2 Å². The maximum Gasteiger partial charge on any atom is 0.255 e. The third-order valence-corrected chi connectivity index (χ3v) is 5.31. The van der Waals surface area contributed by atoms with Gasteiger partial charge in [-0.25, -0.2) is 8.78 Å². The van der Waals surface area contributed by atoms with Crippen LogP contribution >= 0.6 is 0 Å². The second kappa shape index (κ2) is 9.56. The summed E-state index contributed by atoms with van der Waals surface area (Å²) in [4.78, 5) is 21.0. The van der Waals surface area contributed by atoms with E-state index in [2.05, 4.69) is 25.9 Å². The van der Waals surface area contributed by atoms with Crippen LogP contribution in [0.4, 0.5) is 37.2 Å². The Morgan fingerprint density at radius 2 is 1.43 bits per heavy atom. The van der Waals surface area contributed by atoms with E-state index in [9.17, 15) is 13.6 Å². The smallest absolute Gasteiger partial charge is 0.255 e. The molecule has 5 aromatic rings. The molecule has 1 amide bonds. The topological polar surface area (TPSA) is 78.9 Å². The van der Waals surface area contributed by atoms with E-state index in [-0.39, 0.29) is 11.3 Å². The zero-order chi connectivity index (χ0) is 24.2. The lowest BCUT2D eigenvalue weighted by atomic mass is 10.1. The van der Waals surface area contributed by atoms with E-state index in [0.717, 1.165) is 11.4 Å². The number of hydrogen-bond acceptors (Lipinski definition) is 5. The van der Waals surface area contributed by atoms with Gasteiger partial charge in [-0.3, -0.25) is 14.8 Å². The summed E-state index contributed by atoms with van der Waals surface area (Å²) in [6.07, 6.45) is 4.93. The van der Waals surface area contributed by atoms with Crippen molar-refractivity contribution < 1.29 is 13.6 Å². The molecule has 2 aromatic heterocycles. The second-order valence-corrected chi connectivity index (χ2v) is 7.73. The van der Waals surface area contributed by atoms with Crippen LogP contribution in [0.1, 0.15) is 10.4 Å². The van der Waals surface area contributed by atoms with Crippen LogP contribution in [0.5, 0.6) is 0 Å². The Morgan fingerprint density at radius 3 is 2.23 bits per heavy atom. The number of halogens is 2. The minimum Gasteiger partial charge on any atom is -0.355 e. The van der Waals surface area contributed by atoms with E-state index >= 15 is 0 Å². The molecule has 0 atom stereocenters. The summed E-state index contributed by atoms with van der Waals surface area (Å²) in [7, 11) is 0. The molecule has 8 heteroatoms. The molecule has 0 radical (unpaired) electrons. The van der Waals surface area contributed by atoms with Gasteiger partial charge in [0, 0.05) is 52.3 Å². The predicted octanol–water partition coefficient (Wildman–Crippen LogP) is 6.65. The Kier molecular flexibility index (Phi) is 6.00. The van der Waals surface area contributed by atoms with Crippen molar-refractivity contribution in [3.05, 3.63) is 115 Å². The Balaban J connectivity index is 1.32. The van der Waals surface area contributed by atoms with Gasteiger partial charge in [0.15, 0.2) is 0 Å². The summed E-state index contributed by atoms with van der Waals surface area (Å²) < 4.78 is 28.3. The van der Waals surface area contributed by atoms with Crippen LogP contribution in [0.25, 0.3) is 10.9 Å². The van der Waals surface area contributed by atoms with Crippen molar-refractivity contribution in [2.45, 2.75) is 0 Å². The van der Waals surface area contributed by atoms with Crippen LogP contribution in [0.15, 0.2) is 97.5 Å². The number of hydrogen-bond donors (Lipinski definition) is 3. The van der Waals surface area contributed by atoms with Crippen molar-refractivity contribution in [3.8, 4) is 0 Å². The summed E-state index contributed by atoms with van der Waals surface area (Å²) in [5, 5.41) is 9.51. The van der Waals surface area contributed by atoms with Gasteiger partial charge < -0.3 is 16.0 Å². The first-order valence-corrected chi connectivity index (χ1v) is 10.7. The minimum atomic E-state index is -0.547. The first-order valence-electron chi connectivity index (χ1n) is 10.7. The number of rotatable bonds is 6. The average molecular weight is 467 g/mol. The van der Waals surface area contributed by atoms with Gasteiger partial charge in [-0.1, -0.05) is 0 Å². The van der Waals surface area contributed by atoms with Crippen molar-refractivity contribution in [3.63, 3.8) is 0 Å². The summed E-state index contributed by atoms with van der Waals surface area (Å²) in [5.41, 5.74) is 3.72. The summed E-state index contributed by atoms with van der Waals surface area (Å²) in [6, 6.07) is 20.7. The minimum absolute atomic E-state index is 0.0892. The van der Waals surface area contributed by atoms with E-state index in [0.29, 0.717) is 22.3 Å². The fourth-order valence-corrected chi connectivity index (χ4v) is 3.58. The van der Waals surface area contributed by atoms with Gasteiger partial charge in [-0.15, -0.1) is 0 Å². The third-order valence-electron chi connectivity index (χ3n) is 5.31. The molecule has 0 spiro atoms. The molecule has 0 bridgehead atoms. The molecular formula is C27H19F2N5O. The van der Waals surface area contributed by atoms with Crippen molar-refractivity contribution in [2.24, 2.45) is 0 Å². The Morgan fingerprint density at radius 1 is 0.686 bits per heavy atom. The number of carbonyl (C=O) groups excluding carboxylic acids is 1. The normalized spacial score (nSPS) is 10.7. The number of amides is 1. The highest BCUT2D eigenvalue weighted by atomic mass is 19.1. The Labute approximate surface area is 199 Å². The predicted molar refractivity (Wildman–Crippen MR) is 133 cm³/mol. The molecule has 172 valence electrons. The molecule has 5 rings (SSSR count). The molecule has 35 heavy (non-hydrogen) atoms. The summed E-state index contributed by atoms with van der Waals surface area (Å²) >= 11 is 0. The van der Waals surface area contributed by atoms with Gasteiger partial charge in [0.25, 0.3) is 5.91 Å². The monoisotopic (exact) mass is 467 g/mol. The van der Waals surface area contributed by atoms with Crippen molar-refractivity contribution in [1.82, 2.24) is 9.97 Å². The maximum absolute atomic E-state index is 14.6. The average Bonchev–Trinajstić information content (AvgIpc) is 2.87. The van der Waals surface area contributed by atoms with Gasteiger partial charge >= 0.3 is 0 Å². The molecule has 2 heterocycles. The molecule has 0 fully saturated rings. The van der Waals surface area contributed by atoms with Crippen LogP contribution in [-0.4, -0.2) is 15.9 Å². The maximum atomic E-state index is 14.6. The largest absolute Gasteiger partial charge is 0.355 e. The van der Waals surface area contributed by atoms with Gasteiger partial charge in [-0.2, -0.15) is 0 Å². The summed E-state index contributed by atoms with van der Waals surface area (Å²) in [6.45, 7) is 0. The van der Waals surface area contributed by atoms with Gasteiger partial charge in [0.05, 0.1) is 11.2 Å². The first-order chi connectivity index (χ1) is 17.0. The number of pyridine rings is 2. The molecule has 0 aliphatic rings. The van der Waals surface area contributed by atoms with Crippen LogP contribution < -0.4 is 16.0 Å². The van der Waals surface area contributed by atoms with Gasteiger partial charge in [0.2, 0.25) is 0 Å². The van der Waals surface area contributed by atoms with Gasteiger partial charge in [-0.05, 0) is 78.9 Å². The standard InChI is InChI=1S/C27H19F2N5O/c28-18-2-8-24-22(16-18)25(11-14-31-24)34-26-15-17(1-7-23(26)29)27(35)33-20-5-3-19(4-6-20)32-21-9-12-30-13-10-21/h1-16H,(H,30,32)(H,31,34)(H,33,35). The number of nitrogens with one attached hydrogen (secondary N) is 3. The fourth-order valence-electron chi connectivity index (χ4n) is 3.58. The summed E-state index contributed by atoms with van der Waals surface area (Å²) in [5.74, 6) is -1.37. The number of carbonyl (C=O) groups is 1. The van der Waals surface area contributed by atoms with E-state index in [1.165, 1.54) is 30.3 Å². The lowest BCUT2D eigenvalue weighted by molar-refractivity contribution is 0.102. The van der Waals surface area contributed by atoms with E-state index in [4.69, 9.17) is 0 Å². The highest BCUT2D eigenvalue weighted by molar-refractivity contribution is 6.05. The molecule has 0 saturated heterocycles. The lowest BCUT2D eigenvalue weighted by Gasteiger charge is -2.12. The highest BCUT2D eigenvalue weighted by Crippen LogP contribution is 2.28. The zero-order valence-electron chi connectivity index (χ0n) is 18.3. The van der Waals surface area contributed by atoms with E-state index in [1.807, 2.05) is 24.3 Å². The molecule has 3 aromatic carbocycles. The van der Waals surface area contributed by atoms with Crippen LogP contribution in [0.3, 0.4) is 0 Å². The zero-order valence-corrected chi connectivity index (χ0v) is 18.3.